The van der Waals surface area contributed by atoms with Gasteiger partial charge in [0.1, 0.15) is 17.5 Å². The lowest BCUT2D eigenvalue weighted by Crippen LogP contribution is -2.05. The smallest absolute Gasteiger partial charge is 0.136 e. The van der Waals surface area contributed by atoms with Crippen LogP contribution in [0.3, 0.4) is 0 Å². The Morgan fingerprint density at radius 1 is 1.24 bits per heavy atom. The van der Waals surface area contributed by atoms with Gasteiger partial charge in [-0.2, -0.15) is 5.26 Å². The van der Waals surface area contributed by atoms with E-state index in [1.165, 1.54) is 0 Å². The molecule has 6 heteroatoms. The molecule has 0 amide bonds. The van der Waals surface area contributed by atoms with Crippen LogP contribution in [0.5, 0.6) is 0 Å². The van der Waals surface area contributed by atoms with Gasteiger partial charge in [-0.1, -0.05) is 18.5 Å². The van der Waals surface area contributed by atoms with Crippen LogP contribution in [0.25, 0.3) is 0 Å². The normalized spacial score (nSPS) is 10.0. The number of aromatic nitrogens is 2. The fourth-order valence-electron chi connectivity index (χ4n) is 1.80. The van der Waals surface area contributed by atoms with Crippen LogP contribution < -0.4 is 10.6 Å². The summed E-state index contributed by atoms with van der Waals surface area (Å²) >= 11 is 6.14. The average molecular weight is 302 g/mol. The zero-order valence-corrected chi connectivity index (χ0v) is 12.7. The number of nitrogens with one attached hydrogen (secondary N) is 2. The molecule has 1 aromatic heterocycles. The molecule has 0 aliphatic carbocycles. The second-order valence-corrected chi connectivity index (χ2v) is 4.95. The molecule has 0 atom stereocenters. The van der Waals surface area contributed by atoms with Gasteiger partial charge < -0.3 is 10.6 Å². The van der Waals surface area contributed by atoms with Crippen molar-refractivity contribution < 1.29 is 0 Å². The number of hydrogen-bond donors (Lipinski definition) is 2. The van der Waals surface area contributed by atoms with Gasteiger partial charge in [0.15, 0.2) is 0 Å². The number of halogens is 1. The summed E-state index contributed by atoms with van der Waals surface area (Å²) in [7, 11) is 0. The first kappa shape index (κ1) is 15.1. The van der Waals surface area contributed by atoms with Gasteiger partial charge in [-0.05, 0) is 31.5 Å². The van der Waals surface area contributed by atoms with Crippen molar-refractivity contribution in [1.82, 2.24) is 9.97 Å². The Bertz CT molecular complexity index is 678. The predicted molar refractivity (Wildman–Crippen MR) is 85.0 cm³/mol. The zero-order chi connectivity index (χ0) is 15.2. The molecule has 0 aliphatic rings. The number of benzene rings is 1. The van der Waals surface area contributed by atoms with E-state index in [2.05, 4.69) is 33.6 Å². The van der Waals surface area contributed by atoms with Gasteiger partial charge in [-0.3, -0.25) is 0 Å². The molecule has 21 heavy (non-hydrogen) atoms. The second kappa shape index (κ2) is 6.91. The monoisotopic (exact) mass is 301 g/mol. The van der Waals surface area contributed by atoms with Crippen molar-refractivity contribution >= 4 is 28.9 Å². The van der Waals surface area contributed by atoms with Crippen LogP contribution in [-0.2, 0) is 0 Å². The molecular weight excluding hydrogens is 286 g/mol. The highest BCUT2D eigenvalue weighted by molar-refractivity contribution is 6.33. The molecule has 2 N–H and O–H groups in total. The molecule has 0 saturated carbocycles. The fourth-order valence-corrected chi connectivity index (χ4v) is 1.97. The summed E-state index contributed by atoms with van der Waals surface area (Å²) in [5, 5.41) is 15.8. The van der Waals surface area contributed by atoms with Gasteiger partial charge in [-0.15, -0.1) is 0 Å². The van der Waals surface area contributed by atoms with E-state index in [0.717, 1.165) is 18.8 Å². The van der Waals surface area contributed by atoms with Crippen molar-refractivity contribution in [2.24, 2.45) is 0 Å². The minimum atomic E-state index is 0.535. The summed E-state index contributed by atoms with van der Waals surface area (Å²) < 4.78 is 0. The lowest BCUT2D eigenvalue weighted by atomic mass is 10.2. The Kier molecular flexibility index (Phi) is 4.96. The van der Waals surface area contributed by atoms with Gasteiger partial charge in [0.05, 0.1) is 22.3 Å². The molecule has 1 heterocycles. The standard InChI is InChI=1S/C15H16ClN5/c1-3-6-18-14-8-15(20-10(2)19-14)21-13-7-11(9-17)4-5-12(13)16/h4-5,7-8H,3,6H2,1-2H3,(H2,18,19,20,21). The predicted octanol–water partition coefficient (Wildman–Crippen LogP) is 3.88. The minimum absolute atomic E-state index is 0.535. The molecule has 2 rings (SSSR count). The van der Waals surface area contributed by atoms with E-state index in [4.69, 9.17) is 16.9 Å². The Labute approximate surface area is 129 Å². The molecule has 0 bridgehead atoms. The Morgan fingerprint density at radius 2 is 2.00 bits per heavy atom. The first-order valence-electron chi connectivity index (χ1n) is 6.68. The highest BCUT2D eigenvalue weighted by Crippen LogP contribution is 2.26. The maximum absolute atomic E-state index is 8.95. The first-order valence-corrected chi connectivity index (χ1v) is 7.06. The molecule has 0 spiro atoms. The number of hydrogen-bond acceptors (Lipinski definition) is 5. The number of anilines is 3. The number of nitrogens with zero attached hydrogens (tertiary/aromatic N) is 3. The summed E-state index contributed by atoms with van der Waals surface area (Å²) in [5.74, 6) is 2.06. The van der Waals surface area contributed by atoms with Crippen LogP contribution in [0.2, 0.25) is 5.02 Å². The van der Waals surface area contributed by atoms with Crippen molar-refractivity contribution in [3.8, 4) is 6.07 Å². The van der Waals surface area contributed by atoms with E-state index in [1.54, 1.807) is 18.2 Å². The van der Waals surface area contributed by atoms with E-state index in [-0.39, 0.29) is 0 Å². The number of rotatable bonds is 5. The highest BCUT2D eigenvalue weighted by atomic mass is 35.5. The topological polar surface area (TPSA) is 73.6 Å². The lowest BCUT2D eigenvalue weighted by Gasteiger charge is -2.11. The molecule has 0 saturated heterocycles. The summed E-state index contributed by atoms with van der Waals surface area (Å²) in [6, 6.07) is 8.96. The molecule has 1 aromatic carbocycles. The third-order valence-electron chi connectivity index (χ3n) is 2.75. The summed E-state index contributed by atoms with van der Waals surface area (Å²) in [5.41, 5.74) is 1.19. The van der Waals surface area contributed by atoms with Crippen LogP contribution in [-0.4, -0.2) is 16.5 Å². The number of nitriles is 1. The maximum Gasteiger partial charge on any atom is 0.136 e. The van der Waals surface area contributed by atoms with Gasteiger partial charge in [0.25, 0.3) is 0 Å². The molecule has 0 unspecified atom stereocenters. The van der Waals surface area contributed by atoms with Crippen LogP contribution in [0.4, 0.5) is 17.3 Å². The van der Waals surface area contributed by atoms with Crippen molar-refractivity contribution in [3.05, 3.63) is 40.7 Å². The largest absolute Gasteiger partial charge is 0.370 e. The third kappa shape index (κ3) is 4.07. The van der Waals surface area contributed by atoms with Crippen molar-refractivity contribution in [3.63, 3.8) is 0 Å². The van der Waals surface area contributed by atoms with Crippen LogP contribution in [0, 0.1) is 18.3 Å². The molecule has 0 fully saturated rings. The fraction of sp³-hybridized carbons (Fsp3) is 0.267. The summed E-state index contributed by atoms with van der Waals surface area (Å²) in [6.07, 6.45) is 1.02. The molecule has 0 aliphatic heterocycles. The van der Waals surface area contributed by atoms with Gasteiger partial charge >= 0.3 is 0 Å². The number of aryl methyl sites for hydroxylation is 1. The quantitative estimate of drug-likeness (QED) is 0.877. The van der Waals surface area contributed by atoms with E-state index in [0.29, 0.717) is 27.9 Å². The average Bonchev–Trinajstić information content (AvgIpc) is 2.47. The van der Waals surface area contributed by atoms with Crippen LogP contribution in [0.15, 0.2) is 24.3 Å². The Balaban J connectivity index is 2.27. The first-order chi connectivity index (χ1) is 10.1. The van der Waals surface area contributed by atoms with Crippen molar-refractivity contribution in [2.45, 2.75) is 20.3 Å². The zero-order valence-electron chi connectivity index (χ0n) is 11.9. The second-order valence-electron chi connectivity index (χ2n) is 4.54. The molecule has 0 radical (unpaired) electrons. The van der Waals surface area contributed by atoms with Crippen molar-refractivity contribution in [1.29, 1.82) is 5.26 Å². The van der Waals surface area contributed by atoms with Crippen molar-refractivity contribution in [2.75, 3.05) is 17.2 Å². The maximum atomic E-state index is 8.95. The molecule has 5 nitrogen and oxygen atoms in total. The molecular formula is C15H16ClN5. The van der Waals surface area contributed by atoms with Crippen LogP contribution >= 0.6 is 11.6 Å². The lowest BCUT2D eigenvalue weighted by molar-refractivity contribution is 0.955. The van der Waals surface area contributed by atoms with E-state index in [1.807, 2.05) is 13.0 Å². The highest BCUT2D eigenvalue weighted by Gasteiger charge is 2.06. The summed E-state index contributed by atoms with van der Waals surface area (Å²) in [4.78, 5) is 8.65. The van der Waals surface area contributed by atoms with Gasteiger partial charge in [0, 0.05) is 12.6 Å². The Hall–Kier alpha value is -2.32. The molecule has 2 aromatic rings. The summed E-state index contributed by atoms with van der Waals surface area (Å²) in [6.45, 7) is 4.77. The van der Waals surface area contributed by atoms with Gasteiger partial charge in [0.2, 0.25) is 0 Å². The minimum Gasteiger partial charge on any atom is -0.370 e. The Morgan fingerprint density at radius 3 is 2.71 bits per heavy atom. The van der Waals surface area contributed by atoms with E-state index < -0.39 is 0 Å². The van der Waals surface area contributed by atoms with E-state index >= 15 is 0 Å². The SMILES string of the molecule is CCCNc1cc(Nc2cc(C#N)ccc2Cl)nc(C)n1. The molecule has 108 valence electrons. The van der Waals surface area contributed by atoms with Crippen LogP contribution in [0.1, 0.15) is 24.7 Å². The van der Waals surface area contributed by atoms with E-state index in [9.17, 15) is 0 Å². The third-order valence-corrected chi connectivity index (χ3v) is 3.08. The van der Waals surface area contributed by atoms with Gasteiger partial charge in [-0.25, -0.2) is 9.97 Å².